The molecule has 0 rings (SSSR count). The Kier molecular flexibility index (Phi) is 51.0. The molecule has 13 heavy (non-hydrogen) atoms. The van der Waals surface area contributed by atoms with Crippen molar-refractivity contribution in [3.8, 4) is 0 Å². The van der Waals surface area contributed by atoms with Gasteiger partial charge in [-0.1, -0.05) is 0 Å². The molecule has 1 radical (unpaired) electrons. The van der Waals surface area contributed by atoms with Gasteiger partial charge in [0.2, 0.25) is 0 Å². The van der Waals surface area contributed by atoms with E-state index in [1.54, 1.807) is 0 Å². The predicted molar refractivity (Wildman–Crippen MR) is 39.2 cm³/mol. The molecule has 0 heterocycles. The van der Waals surface area contributed by atoms with Gasteiger partial charge in [-0.15, -0.1) is 0 Å². The van der Waals surface area contributed by atoms with Gasteiger partial charge in [0.05, 0.1) is 0 Å². The maximum Gasteiger partial charge on any atom is 0.329 e. The average Bonchev–Trinajstić information content (AvgIpc) is 1.89. The molecule has 0 bridgehead atoms. The molecule has 0 saturated heterocycles. The second kappa shape index (κ2) is 22.5. The number of aliphatic hydroxyl groups is 2. The van der Waals surface area contributed by atoms with Crippen molar-refractivity contribution in [1.82, 2.24) is 0 Å². The number of carbonyl (C=O) groups is 2. The van der Waals surface area contributed by atoms with E-state index in [2.05, 4.69) is 0 Å². The van der Waals surface area contributed by atoms with Crippen LogP contribution in [0.5, 0.6) is 0 Å². The molecular formula is C4H14MnO8+2. The zero-order valence-electron chi connectivity index (χ0n) is 6.55. The van der Waals surface area contributed by atoms with E-state index in [0.717, 1.165) is 0 Å². The fourth-order valence-corrected chi connectivity index (χ4v) is 0. The van der Waals surface area contributed by atoms with Crippen LogP contribution in [0.2, 0.25) is 0 Å². The van der Waals surface area contributed by atoms with Crippen LogP contribution in [-0.4, -0.2) is 45.6 Å². The van der Waals surface area contributed by atoms with Crippen LogP contribution in [0, 0.1) is 0 Å². The molecule has 0 amide bonds. The second-order valence-electron chi connectivity index (χ2n) is 1.10. The molecule has 0 aromatic rings. The maximum atomic E-state index is 9.12. The van der Waals surface area contributed by atoms with E-state index in [4.69, 9.17) is 30.0 Å². The Hall–Kier alpha value is -0.701. The summed E-state index contributed by atoms with van der Waals surface area (Å²) in [4.78, 5) is 18.2. The van der Waals surface area contributed by atoms with Gasteiger partial charge in [-0.05, 0) is 0 Å². The third-order valence-electron chi connectivity index (χ3n) is 0.271. The summed E-state index contributed by atoms with van der Waals surface area (Å²) in [6.45, 7) is -1.56. The van der Waals surface area contributed by atoms with E-state index in [1.165, 1.54) is 0 Å². The summed E-state index contributed by atoms with van der Waals surface area (Å²) in [5.41, 5.74) is 0. The molecule has 9 heteroatoms. The Morgan fingerprint density at radius 1 is 0.846 bits per heavy atom. The molecule has 0 aliphatic rings. The van der Waals surface area contributed by atoms with Crippen LogP contribution in [0.15, 0.2) is 0 Å². The Morgan fingerprint density at radius 3 is 0.923 bits per heavy atom. The minimum Gasteiger partial charge on any atom is -0.480 e. The fourth-order valence-electron chi connectivity index (χ4n) is 0. The number of hydrogen-bond donors (Lipinski definition) is 4. The smallest absolute Gasteiger partial charge is 0.329 e. The molecule has 0 aliphatic carbocycles. The molecule has 0 aromatic heterocycles. The summed E-state index contributed by atoms with van der Waals surface area (Å²) in [7, 11) is 0. The van der Waals surface area contributed by atoms with Gasteiger partial charge in [-0.3, -0.25) is 0 Å². The van der Waals surface area contributed by atoms with Gasteiger partial charge in [0, 0.05) is 17.1 Å². The largest absolute Gasteiger partial charge is 0.480 e. The topological polar surface area (TPSA) is 181 Å². The summed E-state index contributed by atoms with van der Waals surface area (Å²) in [6, 6.07) is 0. The summed E-state index contributed by atoms with van der Waals surface area (Å²) >= 11 is 0. The average molecular weight is 245 g/mol. The van der Waals surface area contributed by atoms with Crippen LogP contribution in [0.4, 0.5) is 0 Å². The Bertz CT molecular complexity index is 101. The molecule has 0 aromatic carbocycles. The first-order valence-electron chi connectivity index (χ1n) is 2.20. The van der Waals surface area contributed by atoms with Gasteiger partial charge in [-0.2, -0.15) is 0 Å². The number of carboxylic acids is 2. The quantitative estimate of drug-likeness (QED) is 0.286. The van der Waals surface area contributed by atoms with Crippen LogP contribution in [-0.2, 0) is 37.6 Å². The first-order chi connectivity index (χ1) is 4.54. The minimum atomic E-state index is -1.19. The van der Waals surface area contributed by atoms with Gasteiger partial charge in [0.1, 0.15) is 13.2 Å². The molecule has 0 fully saturated rings. The summed E-state index contributed by atoms with van der Waals surface area (Å²) in [5, 5.41) is 30.0. The molecule has 83 valence electrons. The molecule has 0 unspecified atom stereocenters. The standard InChI is InChI=1S/2C2H4O3.Mn.2H2O/c2*3-1-2(4)5;;;/h2*3H,1H2,(H,4,5);;2*1H2/p+2. The van der Waals surface area contributed by atoms with E-state index in [-0.39, 0.29) is 28.0 Å². The normalized spacial score (nSPS) is 5.69. The van der Waals surface area contributed by atoms with Gasteiger partial charge in [-0.25, -0.2) is 9.59 Å². The summed E-state index contributed by atoms with van der Waals surface area (Å²) in [6.07, 6.45) is 0. The van der Waals surface area contributed by atoms with Crippen molar-refractivity contribution in [2.24, 2.45) is 0 Å². The van der Waals surface area contributed by atoms with Crippen LogP contribution in [0.3, 0.4) is 0 Å². The molecule has 8 nitrogen and oxygen atoms in total. The van der Waals surface area contributed by atoms with Gasteiger partial charge in [0.15, 0.2) is 0 Å². The van der Waals surface area contributed by atoms with E-state index in [1.807, 2.05) is 0 Å². The summed E-state index contributed by atoms with van der Waals surface area (Å²) in [5.74, 6) is -2.38. The zero-order chi connectivity index (χ0) is 8.57. The van der Waals surface area contributed by atoms with Crippen molar-refractivity contribution >= 4 is 11.9 Å². The van der Waals surface area contributed by atoms with Crippen LogP contribution in [0.25, 0.3) is 0 Å². The van der Waals surface area contributed by atoms with Gasteiger partial charge >= 0.3 is 11.9 Å². The minimum absolute atomic E-state index is 0. The van der Waals surface area contributed by atoms with Crippen molar-refractivity contribution in [3.05, 3.63) is 0 Å². The zero-order valence-corrected chi connectivity index (χ0v) is 7.73. The van der Waals surface area contributed by atoms with Crippen molar-refractivity contribution in [1.29, 1.82) is 0 Å². The van der Waals surface area contributed by atoms with E-state index < -0.39 is 25.2 Å². The summed E-state index contributed by atoms with van der Waals surface area (Å²) < 4.78 is 0. The fraction of sp³-hybridized carbons (Fsp3) is 0.500. The van der Waals surface area contributed by atoms with Crippen molar-refractivity contribution in [2.75, 3.05) is 13.2 Å². The number of aliphatic carboxylic acids is 2. The molecule has 0 saturated carbocycles. The van der Waals surface area contributed by atoms with E-state index in [9.17, 15) is 0 Å². The maximum absolute atomic E-state index is 9.12. The number of carboxylic acid groups (broad SMARTS) is 2. The van der Waals surface area contributed by atoms with Crippen molar-refractivity contribution in [2.45, 2.75) is 0 Å². The SMILES string of the molecule is O=C(O)CO.O=C(O)CO.[Mn].[OH3+].[OH3+]. The second-order valence-corrected chi connectivity index (χ2v) is 1.10. The molecule has 10 N–H and O–H groups in total. The van der Waals surface area contributed by atoms with Crippen LogP contribution < -0.4 is 0 Å². The first-order valence-corrected chi connectivity index (χ1v) is 2.20. The molecule has 0 spiro atoms. The van der Waals surface area contributed by atoms with Gasteiger partial charge < -0.3 is 31.4 Å². The van der Waals surface area contributed by atoms with E-state index >= 15 is 0 Å². The van der Waals surface area contributed by atoms with Crippen molar-refractivity contribution in [3.63, 3.8) is 0 Å². The van der Waals surface area contributed by atoms with Crippen LogP contribution in [0.1, 0.15) is 0 Å². The van der Waals surface area contributed by atoms with Crippen molar-refractivity contribution < 1.29 is 58.0 Å². The van der Waals surface area contributed by atoms with Gasteiger partial charge in [0.25, 0.3) is 0 Å². The number of rotatable bonds is 2. The predicted octanol–water partition coefficient (Wildman–Crippen LogP) is -3.72. The molecule has 0 atom stereocenters. The molecular weight excluding hydrogens is 231 g/mol. The first kappa shape index (κ1) is 29.5. The Morgan fingerprint density at radius 2 is 0.923 bits per heavy atom. The third kappa shape index (κ3) is 89.8. The monoisotopic (exact) mass is 245 g/mol. The Labute approximate surface area is 83.9 Å². The third-order valence-corrected chi connectivity index (χ3v) is 0.271. The number of hydrogen-bond acceptors (Lipinski definition) is 4. The molecule has 0 aliphatic heterocycles. The number of aliphatic hydroxyl groups excluding tert-OH is 2. The van der Waals surface area contributed by atoms with E-state index in [0.29, 0.717) is 0 Å². The van der Waals surface area contributed by atoms with Crippen LogP contribution >= 0.6 is 0 Å². The Balaban J connectivity index is -0.0000000267.